The third kappa shape index (κ3) is 4.58. The zero-order valence-corrected chi connectivity index (χ0v) is 12.7. The largest absolute Gasteiger partial charge is 0.476 e. The first-order chi connectivity index (χ1) is 8.97. The number of ether oxygens (including phenoxy) is 1. The highest BCUT2D eigenvalue weighted by Gasteiger charge is 2.14. The highest BCUT2D eigenvalue weighted by molar-refractivity contribution is 5.67. The first-order valence-electron chi connectivity index (χ1n) is 7.03. The lowest BCUT2D eigenvalue weighted by atomic mass is 10.2. The van der Waals surface area contributed by atoms with Gasteiger partial charge in [-0.25, -0.2) is 4.98 Å². The molecule has 0 saturated carbocycles. The van der Waals surface area contributed by atoms with Crippen LogP contribution >= 0.6 is 0 Å². The quantitative estimate of drug-likeness (QED) is 0.794. The van der Waals surface area contributed by atoms with E-state index in [1.54, 1.807) is 0 Å². The summed E-state index contributed by atoms with van der Waals surface area (Å²) < 4.78 is 5.68. The second-order valence-electron chi connectivity index (χ2n) is 5.22. The van der Waals surface area contributed by atoms with Gasteiger partial charge in [0.15, 0.2) is 5.82 Å². The second kappa shape index (κ2) is 7.16. The van der Waals surface area contributed by atoms with Crippen LogP contribution in [0.4, 0.5) is 11.5 Å². The van der Waals surface area contributed by atoms with E-state index in [1.807, 2.05) is 6.92 Å². The molecule has 0 amide bonds. The van der Waals surface area contributed by atoms with E-state index >= 15 is 0 Å². The zero-order chi connectivity index (χ0) is 14.4. The van der Waals surface area contributed by atoms with E-state index in [-0.39, 0.29) is 0 Å². The second-order valence-corrected chi connectivity index (χ2v) is 5.22. The fourth-order valence-corrected chi connectivity index (χ4v) is 1.45. The maximum atomic E-state index is 6.08. The van der Waals surface area contributed by atoms with E-state index in [9.17, 15) is 0 Å². The van der Waals surface area contributed by atoms with Gasteiger partial charge in [0.1, 0.15) is 11.5 Å². The van der Waals surface area contributed by atoms with Crippen LogP contribution in [0.5, 0.6) is 5.88 Å². The average molecular weight is 266 g/mol. The van der Waals surface area contributed by atoms with Gasteiger partial charge in [-0.2, -0.15) is 4.98 Å². The molecule has 0 bridgehead atoms. The summed E-state index contributed by atoms with van der Waals surface area (Å²) in [6.07, 6.45) is 1.76. The van der Waals surface area contributed by atoms with Gasteiger partial charge in [0.25, 0.3) is 0 Å². The normalized spacial score (nSPS) is 12.5. The molecule has 0 fully saturated rings. The van der Waals surface area contributed by atoms with Crippen LogP contribution in [0, 0.1) is 5.92 Å². The fraction of sp³-hybridized carbons (Fsp3) is 0.714. The number of nitrogens with two attached hydrogens (primary N) is 1. The summed E-state index contributed by atoms with van der Waals surface area (Å²) in [5.41, 5.74) is 6.58. The summed E-state index contributed by atoms with van der Waals surface area (Å²) in [6.45, 7) is 11.0. The molecule has 0 aromatic carbocycles. The SMILES string of the molecule is CCc1nc(NC(C)CC)c(N)c(OCC(C)C)n1. The van der Waals surface area contributed by atoms with Crippen LogP contribution in [0.1, 0.15) is 46.9 Å². The monoisotopic (exact) mass is 266 g/mol. The van der Waals surface area contributed by atoms with Crippen molar-refractivity contribution < 1.29 is 4.74 Å². The lowest BCUT2D eigenvalue weighted by Crippen LogP contribution is -2.18. The number of hydrogen-bond acceptors (Lipinski definition) is 5. The van der Waals surface area contributed by atoms with Crippen LogP contribution in [-0.2, 0) is 6.42 Å². The van der Waals surface area contributed by atoms with Gasteiger partial charge in [-0.3, -0.25) is 0 Å². The van der Waals surface area contributed by atoms with Gasteiger partial charge in [-0.1, -0.05) is 27.7 Å². The van der Waals surface area contributed by atoms with Crippen molar-refractivity contribution in [1.82, 2.24) is 9.97 Å². The lowest BCUT2D eigenvalue weighted by Gasteiger charge is -2.17. The molecule has 0 saturated heterocycles. The standard InChI is InChI=1S/C14H26N4O/c1-6-10(5)16-13-12(15)14(19-8-9(3)4)18-11(7-2)17-13/h9-10H,6-8,15H2,1-5H3,(H,16,17,18). The van der Waals surface area contributed by atoms with Crippen molar-refractivity contribution in [2.24, 2.45) is 5.92 Å². The number of aryl methyl sites for hydroxylation is 1. The third-order valence-electron chi connectivity index (χ3n) is 2.82. The zero-order valence-electron chi connectivity index (χ0n) is 12.7. The predicted octanol–water partition coefficient (Wildman–Crippen LogP) is 2.87. The molecule has 108 valence electrons. The molecule has 5 heteroatoms. The third-order valence-corrected chi connectivity index (χ3v) is 2.82. The Morgan fingerprint density at radius 3 is 2.42 bits per heavy atom. The van der Waals surface area contributed by atoms with Crippen molar-refractivity contribution in [2.45, 2.75) is 53.5 Å². The minimum absolute atomic E-state index is 0.319. The number of hydrogen-bond donors (Lipinski definition) is 2. The number of rotatable bonds is 7. The predicted molar refractivity (Wildman–Crippen MR) is 79.5 cm³/mol. The Balaban J connectivity index is 2.99. The maximum Gasteiger partial charge on any atom is 0.242 e. The van der Waals surface area contributed by atoms with Crippen LogP contribution in [0.25, 0.3) is 0 Å². The Hall–Kier alpha value is -1.52. The summed E-state index contributed by atoms with van der Waals surface area (Å²) >= 11 is 0. The van der Waals surface area contributed by atoms with Crippen LogP contribution in [0.2, 0.25) is 0 Å². The molecule has 1 rings (SSSR count). The molecule has 1 unspecified atom stereocenters. The van der Waals surface area contributed by atoms with Gasteiger partial charge in [-0.15, -0.1) is 0 Å². The first-order valence-corrected chi connectivity index (χ1v) is 7.03. The Morgan fingerprint density at radius 2 is 1.89 bits per heavy atom. The first kappa shape index (κ1) is 15.5. The molecule has 1 atom stereocenters. The molecule has 5 nitrogen and oxygen atoms in total. The van der Waals surface area contributed by atoms with E-state index in [2.05, 4.69) is 43.0 Å². The van der Waals surface area contributed by atoms with Gasteiger partial charge in [-0.05, 0) is 19.3 Å². The number of nitrogens with one attached hydrogen (secondary N) is 1. The number of anilines is 2. The maximum absolute atomic E-state index is 6.08. The van der Waals surface area contributed by atoms with Gasteiger partial charge in [0.2, 0.25) is 5.88 Å². The van der Waals surface area contributed by atoms with E-state index in [1.165, 1.54) is 0 Å². The van der Waals surface area contributed by atoms with Crippen LogP contribution in [0.15, 0.2) is 0 Å². The van der Waals surface area contributed by atoms with E-state index in [0.29, 0.717) is 36.0 Å². The molecule has 1 aromatic rings. The Morgan fingerprint density at radius 1 is 1.21 bits per heavy atom. The average Bonchev–Trinajstić information content (AvgIpc) is 2.39. The number of nitrogen functional groups attached to an aromatic ring is 1. The van der Waals surface area contributed by atoms with Crippen molar-refractivity contribution in [3.05, 3.63) is 5.82 Å². The molecule has 1 aromatic heterocycles. The van der Waals surface area contributed by atoms with E-state index in [0.717, 1.165) is 18.7 Å². The molecule has 0 aliphatic heterocycles. The lowest BCUT2D eigenvalue weighted by molar-refractivity contribution is 0.262. The molecule has 19 heavy (non-hydrogen) atoms. The Labute approximate surface area is 116 Å². The van der Waals surface area contributed by atoms with Crippen LogP contribution in [0.3, 0.4) is 0 Å². The van der Waals surface area contributed by atoms with Crippen molar-refractivity contribution in [2.75, 3.05) is 17.7 Å². The summed E-state index contributed by atoms with van der Waals surface area (Å²) in [6, 6.07) is 0.319. The molecule has 0 aliphatic rings. The number of aromatic nitrogens is 2. The highest BCUT2D eigenvalue weighted by Crippen LogP contribution is 2.27. The van der Waals surface area contributed by atoms with Gasteiger partial charge < -0.3 is 15.8 Å². The molecular weight excluding hydrogens is 240 g/mol. The Bertz CT molecular complexity index is 407. The van der Waals surface area contributed by atoms with Crippen LogP contribution in [-0.4, -0.2) is 22.6 Å². The molecule has 3 N–H and O–H groups in total. The smallest absolute Gasteiger partial charge is 0.242 e. The van der Waals surface area contributed by atoms with Crippen molar-refractivity contribution in [3.63, 3.8) is 0 Å². The molecule has 0 aliphatic carbocycles. The highest BCUT2D eigenvalue weighted by atomic mass is 16.5. The van der Waals surface area contributed by atoms with E-state index in [4.69, 9.17) is 10.5 Å². The topological polar surface area (TPSA) is 73.1 Å². The van der Waals surface area contributed by atoms with Gasteiger partial charge in [0, 0.05) is 12.5 Å². The van der Waals surface area contributed by atoms with Crippen LogP contribution < -0.4 is 15.8 Å². The fourth-order valence-electron chi connectivity index (χ4n) is 1.45. The minimum Gasteiger partial charge on any atom is -0.476 e. The minimum atomic E-state index is 0.319. The summed E-state index contributed by atoms with van der Waals surface area (Å²) in [5, 5.41) is 3.31. The van der Waals surface area contributed by atoms with Gasteiger partial charge in [0.05, 0.1) is 6.61 Å². The Kier molecular flexibility index (Phi) is 5.86. The molecular formula is C14H26N4O. The van der Waals surface area contributed by atoms with Crippen molar-refractivity contribution in [3.8, 4) is 5.88 Å². The summed E-state index contributed by atoms with van der Waals surface area (Å²) in [7, 11) is 0. The van der Waals surface area contributed by atoms with E-state index < -0.39 is 0 Å². The summed E-state index contributed by atoms with van der Waals surface area (Å²) in [4.78, 5) is 8.80. The molecule has 1 heterocycles. The molecule has 0 spiro atoms. The number of nitrogens with zero attached hydrogens (tertiary/aromatic N) is 2. The summed E-state index contributed by atoms with van der Waals surface area (Å²) in [5.74, 6) is 2.36. The molecule has 0 radical (unpaired) electrons. The van der Waals surface area contributed by atoms with Crippen molar-refractivity contribution in [1.29, 1.82) is 0 Å². The van der Waals surface area contributed by atoms with Crippen molar-refractivity contribution >= 4 is 11.5 Å². The van der Waals surface area contributed by atoms with Gasteiger partial charge >= 0.3 is 0 Å².